The van der Waals surface area contributed by atoms with Crippen molar-refractivity contribution in [1.82, 2.24) is 14.7 Å². The fourth-order valence-electron chi connectivity index (χ4n) is 2.19. The molecule has 3 rings (SSSR count). The summed E-state index contributed by atoms with van der Waals surface area (Å²) in [5.41, 5.74) is 2.87. The molecular weight excluding hydrogens is 238 g/mol. The third-order valence-corrected chi connectivity index (χ3v) is 3.00. The van der Waals surface area contributed by atoms with Crippen LogP contribution >= 0.6 is 0 Å². The number of imidazole rings is 1. The normalized spacial score (nSPS) is 10.7. The molecule has 0 fully saturated rings. The van der Waals surface area contributed by atoms with E-state index in [2.05, 4.69) is 16.1 Å². The maximum atomic E-state index is 5.44. The van der Waals surface area contributed by atoms with Gasteiger partial charge in [0.25, 0.3) is 0 Å². The third-order valence-electron chi connectivity index (χ3n) is 3.00. The lowest BCUT2D eigenvalue weighted by atomic mass is 10.3. The van der Waals surface area contributed by atoms with Crippen molar-refractivity contribution in [3.8, 4) is 12.3 Å². The summed E-state index contributed by atoms with van der Waals surface area (Å²) in [7, 11) is 0. The maximum absolute atomic E-state index is 5.44. The van der Waals surface area contributed by atoms with Gasteiger partial charge in [0.1, 0.15) is 11.6 Å². The van der Waals surface area contributed by atoms with Crippen molar-refractivity contribution in [2.45, 2.75) is 19.9 Å². The van der Waals surface area contributed by atoms with E-state index < -0.39 is 0 Å². The number of nitrogens with zero attached hydrogens (tertiary/aromatic N) is 3. The van der Waals surface area contributed by atoms with Gasteiger partial charge in [-0.05, 0) is 19.1 Å². The van der Waals surface area contributed by atoms with E-state index in [9.17, 15) is 0 Å². The first-order valence-electron chi connectivity index (χ1n) is 6.07. The summed E-state index contributed by atoms with van der Waals surface area (Å²) in [6.07, 6.45) is 6.06. The smallest absolute Gasteiger partial charge is 0.133 e. The number of rotatable bonds is 3. The quantitative estimate of drug-likeness (QED) is 0.672. The summed E-state index contributed by atoms with van der Waals surface area (Å²) < 4.78 is 7.12. The first-order valence-corrected chi connectivity index (χ1v) is 6.07. The maximum Gasteiger partial charge on any atom is 0.133 e. The van der Waals surface area contributed by atoms with Crippen LogP contribution in [0.3, 0.4) is 0 Å². The fraction of sp³-hybridized carbons (Fsp3) is 0.200. The second-order valence-corrected chi connectivity index (χ2v) is 4.41. The molecule has 94 valence electrons. The number of para-hydroxylation sites is 2. The molecule has 19 heavy (non-hydrogen) atoms. The van der Waals surface area contributed by atoms with E-state index in [1.807, 2.05) is 41.8 Å². The van der Waals surface area contributed by atoms with E-state index in [-0.39, 0.29) is 0 Å². The second-order valence-electron chi connectivity index (χ2n) is 4.41. The zero-order chi connectivity index (χ0) is 13.2. The topological polar surface area (TPSA) is 43.9 Å². The molecular formula is C15H13N3O. The minimum absolute atomic E-state index is 0.507. The molecule has 0 aliphatic carbocycles. The zero-order valence-electron chi connectivity index (χ0n) is 10.6. The molecule has 2 aromatic heterocycles. The molecule has 0 spiro atoms. The van der Waals surface area contributed by atoms with Crippen LogP contribution in [0.1, 0.15) is 17.3 Å². The van der Waals surface area contributed by atoms with Gasteiger partial charge in [-0.3, -0.25) is 0 Å². The molecule has 0 N–H and O–H groups in total. The lowest BCUT2D eigenvalue weighted by Gasteiger charge is -2.03. The predicted molar refractivity (Wildman–Crippen MR) is 72.6 cm³/mol. The van der Waals surface area contributed by atoms with Gasteiger partial charge in [0, 0.05) is 6.07 Å². The summed E-state index contributed by atoms with van der Waals surface area (Å²) >= 11 is 0. The molecule has 1 aromatic carbocycles. The van der Waals surface area contributed by atoms with E-state index in [1.54, 1.807) is 0 Å². The van der Waals surface area contributed by atoms with Crippen molar-refractivity contribution in [3.05, 3.63) is 47.6 Å². The number of fused-ring (bicyclic) bond motifs is 1. The molecule has 0 amide bonds. The van der Waals surface area contributed by atoms with Gasteiger partial charge in [0.15, 0.2) is 0 Å². The molecule has 0 radical (unpaired) electrons. The van der Waals surface area contributed by atoms with E-state index in [1.165, 1.54) is 0 Å². The van der Waals surface area contributed by atoms with Gasteiger partial charge < -0.3 is 9.09 Å². The third kappa shape index (κ3) is 2.11. The van der Waals surface area contributed by atoms with Crippen LogP contribution in [-0.4, -0.2) is 14.7 Å². The van der Waals surface area contributed by atoms with E-state index in [0.717, 1.165) is 28.3 Å². The lowest BCUT2D eigenvalue weighted by molar-refractivity contribution is 0.391. The number of benzene rings is 1. The standard InChI is InChI=1S/C15H13N3O/c1-3-8-18-14-7-5-4-6-13(14)16-15(18)10-12-9-11(2)19-17-12/h1,4-7,9H,8,10H2,2H3. The highest BCUT2D eigenvalue weighted by atomic mass is 16.5. The van der Waals surface area contributed by atoms with Crippen LogP contribution in [0.5, 0.6) is 0 Å². The molecule has 4 nitrogen and oxygen atoms in total. The SMILES string of the molecule is C#CCn1c(Cc2cc(C)on2)nc2ccccc21. The van der Waals surface area contributed by atoms with Crippen LogP contribution in [0.2, 0.25) is 0 Å². The number of hydrogen-bond donors (Lipinski definition) is 0. The Labute approximate surface area is 111 Å². The summed E-state index contributed by atoms with van der Waals surface area (Å²) in [5.74, 6) is 4.38. The molecule has 0 saturated heterocycles. The molecule has 0 unspecified atom stereocenters. The first-order chi connectivity index (χ1) is 9.28. The number of aryl methyl sites for hydroxylation is 1. The molecule has 0 atom stereocenters. The van der Waals surface area contributed by atoms with Crippen molar-refractivity contribution in [3.63, 3.8) is 0 Å². The van der Waals surface area contributed by atoms with Crippen molar-refractivity contribution in [1.29, 1.82) is 0 Å². The Morgan fingerprint density at radius 2 is 2.21 bits per heavy atom. The molecule has 0 aliphatic heterocycles. The Balaban J connectivity index is 2.07. The number of aromatic nitrogens is 3. The Morgan fingerprint density at radius 1 is 1.37 bits per heavy atom. The molecule has 4 heteroatoms. The van der Waals surface area contributed by atoms with Crippen LogP contribution < -0.4 is 0 Å². The van der Waals surface area contributed by atoms with Gasteiger partial charge in [0.05, 0.1) is 29.7 Å². The Hall–Kier alpha value is -2.54. The Kier molecular flexibility index (Phi) is 2.81. The van der Waals surface area contributed by atoms with Gasteiger partial charge >= 0.3 is 0 Å². The van der Waals surface area contributed by atoms with E-state index in [4.69, 9.17) is 10.9 Å². The molecule has 0 aliphatic rings. The largest absolute Gasteiger partial charge is 0.361 e. The summed E-state index contributed by atoms with van der Waals surface area (Å²) in [6.45, 7) is 2.38. The molecule has 2 heterocycles. The number of terminal acetylenes is 1. The van der Waals surface area contributed by atoms with Crippen LogP contribution in [0.15, 0.2) is 34.9 Å². The van der Waals surface area contributed by atoms with Crippen LogP contribution in [0.4, 0.5) is 0 Å². The Bertz CT molecular complexity index is 761. The highest BCUT2D eigenvalue weighted by Gasteiger charge is 2.12. The van der Waals surface area contributed by atoms with Gasteiger partial charge in [-0.2, -0.15) is 0 Å². The first kappa shape index (κ1) is 11.5. The predicted octanol–water partition coefficient (Wildman–Crippen LogP) is 2.56. The van der Waals surface area contributed by atoms with Crippen molar-refractivity contribution >= 4 is 11.0 Å². The zero-order valence-corrected chi connectivity index (χ0v) is 10.6. The fourth-order valence-corrected chi connectivity index (χ4v) is 2.19. The number of hydrogen-bond acceptors (Lipinski definition) is 3. The molecule has 3 aromatic rings. The average Bonchev–Trinajstić information content (AvgIpc) is 2.96. The summed E-state index contributed by atoms with van der Waals surface area (Å²) in [5, 5.41) is 4.00. The highest BCUT2D eigenvalue weighted by molar-refractivity contribution is 5.76. The van der Waals surface area contributed by atoms with Crippen molar-refractivity contribution in [2.24, 2.45) is 0 Å². The van der Waals surface area contributed by atoms with Gasteiger partial charge in [0.2, 0.25) is 0 Å². The van der Waals surface area contributed by atoms with Gasteiger partial charge in [-0.25, -0.2) is 4.98 Å². The van der Waals surface area contributed by atoms with Crippen molar-refractivity contribution < 1.29 is 4.52 Å². The van der Waals surface area contributed by atoms with Crippen LogP contribution in [-0.2, 0) is 13.0 Å². The van der Waals surface area contributed by atoms with Gasteiger partial charge in [-0.15, -0.1) is 6.42 Å². The van der Waals surface area contributed by atoms with Crippen LogP contribution in [0.25, 0.3) is 11.0 Å². The average molecular weight is 251 g/mol. The molecule has 0 bridgehead atoms. The Morgan fingerprint density at radius 3 is 2.95 bits per heavy atom. The molecule has 0 saturated carbocycles. The van der Waals surface area contributed by atoms with Crippen LogP contribution in [0, 0.1) is 19.3 Å². The van der Waals surface area contributed by atoms with E-state index in [0.29, 0.717) is 13.0 Å². The monoisotopic (exact) mass is 251 g/mol. The minimum atomic E-state index is 0.507. The summed E-state index contributed by atoms with van der Waals surface area (Å²) in [6, 6.07) is 9.89. The van der Waals surface area contributed by atoms with E-state index >= 15 is 0 Å². The highest BCUT2D eigenvalue weighted by Crippen LogP contribution is 2.18. The minimum Gasteiger partial charge on any atom is -0.361 e. The lowest BCUT2D eigenvalue weighted by Crippen LogP contribution is -2.03. The van der Waals surface area contributed by atoms with Crippen molar-refractivity contribution in [2.75, 3.05) is 0 Å². The summed E-state index contributed by atoms with van der Waals surface area (Å²) in [4.78, 5) is 4.62. The van der Waals surface area contributed by atoms with Gasteiger partial charge in [-0.1, -0.05) is 23.2 Å². The second kappa shape index (κ2) is 4.62.